The summed E-state index contributed by atoms with van der Waals surface area (Å²) in [6, 6.07) is 3.79. The monoisotopic (exact) mass is 238 g/mol. The van der Waals surface area contributed by atoms with E-state index in [0.29, 0.717) is 5.39 Å². The van der Waals surface area contributed by atoms with Crippen molar-refractivity contribution in [2.45, 2.75) is 6.92 Å². The van der Waals surface area contributed by atoms with E-state index in [1.807, 2.05) is 19.1 Å². The maximum atomic E-state index is 11.4. The van der Waals surface area contributed by atoms with Crippen molar-refractivity contribution in [3.8, 4) is 0 Å². The molecule has 0 radical (unpaired) electrons. The Kier molecular flexibility index (Phi) is 1.92. The van der Waals surface area contributed by atoms with Crippen molar-refractivity contribution < 1.29 is 0 Å². The highest BCUT2D eigenvalue weighted by molar-refractivity contribution is 9.10. The summed E-state index contributed by atoms with van der Waals surface area (Å²) in [4.78, 5) is 18.0. The summed E-state index contributed by atoms with van der Waals surface area (Å²) in [7, 11) is 0. The third-order valence-electron chi connectivity index (χ3n) is 1.84. The van der Waals surface area contributed by atoms with Gasteiger partial charge in [-0.3, -0.25) is 4.79 Å². The van der Waals surface area contributed by atoms with Crippen LogP contribution in [0.5, 0.6) is 0 Å². The number of halogens is 1. The van der Waals surface area contributed by atoms with E-state index in [2.05, 4.69) is 25.9 Å². The fourth-order valence-electron chi connectivity index (χ4n) is 1.28. The molecule has 0 aliphatic carbocycles. The molecular weight excluding hydrogens is 232 g/mol. The molecule has 1 aromatic heterocycles. The molecule has 4 heteroatoms. The lowest BCUT2D eigenvalue weighted by Crippen LogP contribution is -2.06. The Bertz CT molecular complexity index is 518. The molecule has 0 spiro atoms. The number of H-pyrrole nitrogens is 1. The van der Waals surface area contributed by atoms with Gasteiger partial charge in [0.05, 0.1) is 17.2 Å². The van der Waals surface area contributed by atoms with E-state index in [4.69, 9.17) is 0 Å². The van der Waals surface area contributed by atoms with Crippen molar-refractivity contribution >= 4 is 26.8 Å². The van der Waals surface area contributed by atoms with Crippen LogP contribution >= 0.6 is 15.9 Å². The minimum Gasteiger partial charge on any atom is -0.313 e. The van der Waals surface area contributed by atoms with Crippen molar-refractivity contribution in [2.75, 3.05) is 0 Å². The van der Waals surface area contributed by atoms with Gasteiger partial charge in [-0.05, 0) is 40.5 Å². The Morgan fingerprint density at radius 3 is 3.00 bits per heavy atom. The smallest absolute Gasteiger partial charge is 0.259 e. The van der Waals surface area contributed by atoms with Crippen molar-refractivity contribution in [1.29, 1.82) is 0 Å². The van der Waals surface area contributed by atoms with E-state index >= 15 is 0 Å². The van der Waals surface area contributed by atoms with Crippen LogP contribution < -0.4 is 5.56 Å². The highest BCUT2D eigenvalue weighted by Crippen LogP contribution is 2.20. The molecule has 2 aromatic rings. The summed E-state index contributed by atoms with van der Waals surface area (Å²) in [6.45, 7) is 1.97. The molecule has 1 aromatic carbocycles. The maximum absolute atomic E-state index is 11.4. The quantitative estimate of drug-likeness (QED) is 0.764. The summed E-state index contributed by atoms with van der Waals surface area (Å²) < 4.78 is 0.789. The van der Waals surface area contributed by atoms with Crippen molar-refractivity contribution in [1.82, 2.24) is 9.97 Å². The average Bonchev–Trinajstić information content (AvgIpc) is 2.02. The number of nitrogens with one attached hydrogen (secondary N) is 1. The molecule has 66 valence electrons. The summed E-state index contributed by atoms with van der Waals surface area (Å²) in [5.74, 6) is 0. The van der Waals surface area contributed by atoms with Crippen LogP contribution in [-0.4, -0.2) is 9.97 Å². The van der Waals surface area contributed by atoms with E-state index in [9.17, 15) is 4.79 Å². The van der Waals surface area contributed by atoms with E-state index < -0.39 is 0 Å². The fraction of sp³-hybridized carbons (Fsp3) is 0.111. The van der Waals surface area contributed by atoms with Crippen LogP contribution in [0.15, 0.2) is 27.7 Å². The largest absolute Gasteiger partial charge is 0.313 e. The Morgan fingerprint density at radius 1 is 1.46 bits per heavy atom. The number of fused-ring (bicyclic) bond motifs is 1. The van der Waals surface area contributed by atoms with E-state index in [1.54, 1.807) is 0 Å². The van der Waals surface area contributed by atoms with Crippen LogP contribution in [-0.2, 0) is 0 Å². The Balaban J connectivity index is 3.03. The predicted octanol–water partition coefficient (Wildman–Crippen LogP) is 1.99. The molecule has 1 heterocycles. The summed E-state index contributed by atoms with van der Waals surface area (Å²) in [5, 5.41) is 0.605. The highest BCUT2D eigenvalue weighted by Gasteiger charge is 2.03. The van der Waals surface area contributed by atoms with E-state index in [-0.39, 0.29) is 5.56 Å². The molecular formula is C9H7BrN2O. The third kappa shape index (κ3) is 1.37. The van der Waals surface area contributed by atoms with Gasteiger partial charge in [0.2, 0.25) is 0 Å². The number of benzene rings is 1. The first-order valence-electron chi connectivity index (χ1n) is 3.82. The van der Waals surface area contributed by atoms with Crippen molar-refractivity contribution in [3.63, 3.8) is 0 Å². The van der Waals surface area contributed by atoms with Gasteiger partial charge in [-0.2, -0.15) is 0 Å². The molecule has 0 aliphatic rings. The summed E-state index contributed by atoms with van der Waals surface area (Å²) in [6.07, 6.45) is 1.41. The van der Waals surface area contributed by atoms with Crippen LogP contribution in [0.3, 0.4) is 0 Å². The molecule has 0 atom stereocenters. The van der Waals surface area contributed by atoms with Gasteiger partial charge in [-0.15, -0.1) is 0 Å². The lowest BCUT2D eigenvalue weighted by molar-refractivity contribution is 1.17. The number of aromatic amines is 1. The Labute approximate surface area is 82.9 Å². The first kappa shape index (κ1) is 8.44. The van der Waals surface area contributed by atoms with Gasteiger partial charge in [-0.1, -0.05) is 0 Å². The zero-order valence-corrected chi connectivity index (χ0v) is 8.55. The molecule has 0 bridgehead atoms. The van der Waals surface area contributed by atoms with Gasteiger partial charge >= 0.3 is 0 Å². The van der Waals surface area contributed by atoms with E-state index in [1.165, 1.54) is 6.33 Å². The van der Waals surface area contributed by atoms with Crippen LogP contribution in [0.25, 0.3) is 10.9 Å². The van der Waals surface area contributed by atoms with Gasteiger partial charge in [0.1, 0.15) is 0 Å². The maximum Gasteiger partial charge on any atom is 0.259 e. The zero-order chi connectivity index (χ0) is 9.42. The minimum atomic E-state index is -0.114. The fourth-order valence-corrected chi connectivity index (χ4v) is 2.03. The number of aromatic nitrogens is 2. The lowest BCUT2D eigenvalue weighted by atomic mass is 10.2. The Hall–Kier alpha value is -1.16. The zero-order valence-electron chi connectivity index (χ0n) is 6.97. The molecule has 3 nitrogen and oxygen atoms in total. The molecule has 13 heavy (non-hydrogen) atoms. The topological polar surface area (TPSA) is 45.8 Å². The summed E-state index contributed by atoms with van der Waals surface area (Å²) >= 11 is 3.34. The molecule has 0 fully saturated rings. The highest BCUT2D eigenvalue weighted by atomic mass is 79.9. The van der Waals surface area contributed by atoms with Crippen molar-refractivity contribution in [3.05, 3.63) is 38.9 Å². The first-order valence-corrected chi connectivity index (χ1v) is 4.61. The SMILES string of the molecule is Cc1cc(Br)c2c(=O)[nH]cnc2c1. The van der Waals surface area contributed by atoms with Crippen LogP contribution in [0.2, 0.25) is 0 Å². The number of aryl methyl sites for hydroxylation is 1. The second-order valence-corrected chi connectivity index (χ2v) is 3.73. The van der Waals surface area contributed by atoms with Gasteiger partial charge in [0.15, 0.2) is 0 Å². The molecule has 0 aliphatic heterocycles. The lowest BCUT2D eigenvalue weighted by Gasteiger charge is -1.99. The number of hydrogen-bond donors (Lipinski definition) is 1. The molecule has 0 saturated heterocycles. The van der Waals surface area contributed by atoms with Gasteiger partial charge in [0.25, 0.3) is 5.56 Å². The predicted molar refractivity (Wildman–Crippen MR) is 54.8 cm³/mol. The normalized spacial score (nSPS) is 10.6. The van der Waals surface area contributed by atoms with Gasteiger partial charge in [0, 0.05) is 4.47 Å². The van der Waals surface area contributed by atoms with Crippen LogP contribution in [0.4, 0.5) is 0 Å². The molecule has 0 saturated carbocycles. The Morgan fingerprint density at radius 2 is 2.23 bits per heavy atom. The van der Waals surface area contributed by atoms with Crippen LogP contribution in [0, 0.1) is 6.92 Å². The second kappa shape index (κ2) is 2.96. The summed E-state index contributed by atoms with van der Waals surface area (Å²) in [5.41, 5.74) is 1.69. The molecule has 2 rings (SSSR count). The second-order valence-electron chi connectivity index (χ2n) is 2.87. The van der Waals surface area contributed by atoms with Gasteiger partial charge in [-0.25, -0.2) is 4.98 Å². The number of nitrogens with zero attached hydrogens (tertiary/aromatic N) is 1. The molecule has 0 amide bonds. The first-order chi connectivity index (χ1) is 6.18. The van der Waals surface area contributed by atoms with Gasteiger partial charge < -0.3 is 4.98 Å². The molecule has 0 unspecified atom stereocenters. The van der Waals surface area contributed by atoms with Crippen molar-refractivity contribution in [2.24, 2.45) is 0 Å². The molecule has 1 N–H and O–H groups in total. The third-order valence-corrected chi connectivity index (χ3v) is 2.47. The standard InChI is InChI=1S/C9H7BrN2O/c1-5-2-6(10)8-7(3-5)11-4-12-9(8)13/h2-4H,1H3,(H,11,12,13). The van der Waals surface area contributed by atoms with E-state index in [0.717, 1.165) is 15.6 Å². The number of hydrogen-bond acceptors (Lipinski definition) is 2. The minimum absolute atomic E-state index is 0.114. The number of rotatable bonds is 0. The average molecular weight is 239 g/mol. The van der Waals surface area contributed by atoms with Crippen LogP contribution in [0.1, 0.15) is 5.56 Å².